The summed E-state index contributed by atoms with van der Waals surface area (Å²) in [6.07, 6.45) is 2.56. The van der Waals surface area contributed by atoms with Crippen molar-refractivity contribution in [1.29, 1.82) is 0 Å². The standard InChI is InChI=1S/C11H18N2O2S2/c1-3-15-11(14)10(12)4-5-16-7-9-6-13-8(2)17-9/h6,10H,3-5,7,12H2,1-2H3. The van der Waals surface area contributed by atoms with Gasteiger partial charge < -0.3 is 10.5 Å². The average Bonchev–Trinajstić information content (AvgIpc) is 2.70. The molecule has 0 aliphatic carbocycles. The predicted molar refractivity (Wildman–Crippen MR) is 72.2 cm³/mol. The van der Waals surface area contributed by atoms with Crippen molar-refractivity contribution >= 4 is 29.1 Å². The summed E-state index contributed by atoms with van der Waals surface area (Å²) in [7, 11) is 0. The molecule has 1 atom stereocenters. The van der Waals surface area contributed by atoms with Crippen LogP contribution in [0.4, 0.5) is 0 Å². The zero-order chi connectivity index (χ0) is 12.7. The molecule has 1 unspecified atom stereocenters. The van der Waals surface area contributed by atoms with Crippen molar-refractivity contribution in [2.45, 2.75) is 32.1 Å². The quantitative estimate of drug-likeness (QED) is 0.608. The summed E-state index contributed by atoms with van der Waals surface area (Å²) in [6.45, 7) is 4.17. The van der Waals surface area contributed by atoms with E-state index in [0.717, 1.165) is 16.5 Å². The van der Waals surface area contributed by atoms with E-state index in [1.807, 2.05) is 13.1 Å². The third-order valence-electron chi connectivity index (χ3n) is 2.08. The molecule has 2 N–H and O–H groups in total. The van der Waals surface area contributed by atoms with Gasteiger partial charge in [0.25, 0.3) is 0 Å². The van der Waals surface area contributed by atoms with Gasteiger partial charge in [-0.25, -0.2) is 4.98 Å². The van der Waals surface area contributed by atoms with Gasteiger partial charge in [0.2, 0.25) is 0 Å². The van der Waals surface area contributed by atoms with E-state index in [-0.39, 0.29) is 5.97 Å². The predicted octanol–water partition coefficient (Wildman–Crippen LogP) is 1.97. The van der Waals surface area contributed by atoms with Crippen LogP contribution in [0, 0.1) is 6.92 Å². The maximum atomic E-state index is 11.2. The number of ether oxygens (including phenoxy) is 1. The number of aryl methyl sites for hydroxylation is 1. The van der Waals surface area contributed by atoms with Gasteiger partial charge in [0.05, 0.1) is 11.6 Å². The highest BCUT2D eigenvalue weighted by Gasteiger charge is 2.13. The van der Waals surface area contributed by atoms with Crippen molar-refractivity contribution in [3.63, 3.8) is 0 Å². The van der Waals surface area contributed by atoms with E-state index in [2.05, 4.69) is 4.98 Å². The van der Waals surface area contributed by atoms with E-state index in [9.17, 15) is 4.79 Å². The summed E-state index contributed by atoms with van der Waals surface area (Å²) >= 11 is 3.47. The van der Waals surface area contributed by atoms with Crippen molar-refractivity contribution in [3.05, 3.63) is 16.1 Å². The fourth-order valence-electron chi connectivity index (χ4n) is 1.22. The number of nitrogens with two attached hydrogens (primary N) is 1. The molecule has 0 amide bonds. The molecule has 1 rings (SSSR count). The number of thiazole rings is 1. The SMILES string of the molecule is CCOC(=O)C(N)CCSCc1cnc(C)s1. The van der Waals surface area contributed by atoms with E-state index in [4.69, 9.17) is 10.5 Å². The second-order valence-corrected chi connectivity index (χ2v) is 5.97. The topological polar surface area (TPSA) is 65.2 Å². The van der Waals surface area contributed by atoms with Gasteiger partial charge in [0.15, 0.2) is 0 Å². The Balaban J connectivity index is 2.13. The zero-order valence-corrected chi connectivity index (χ0v) is 11.8. The largest absolute Gasteiger partial charge is 0.465 e. The molecule has 6 heteroatoms. The van der Waals surface area contributed by atoms with Crippen LogP contribution in [0.2, 0.25) is 0 Å². The lowest BCUT2D eigenvalue weighted by Gasteiger charge is -2.09. The van der Waals surface area contributed by atoms with Gasteiger partial charge in [-0.3, -0.25) is 4.79 Å². The highest BCUT2D eigenvalue weighted by atomic mass is 32.2. The molecule has 0 aliphatic rings. The van der Waals surface area contributed by atoms with Gasteiger partial charge in [-0.15, -0.1) is 11.3 Å². The Morgan fingerprint density at radius 1 is 1.71 bits per heavy atom. The maximum Gasteiger partial charge on any atom is 0.322 e. The van der Waals surface area contributed by atoms with Gasteiger partial charge in [-0.05, 0) is 26.0 Å². The van der Waals surface area contributed by atoms with Crippen LogP contribution in [0.15, 0.2) is 6.20 Å². The normalized spacial score (nSPS) is 12.4. The average molecular weight is 274 g/mol. The minimum atomic E-state index is -0.495. The van der Waals surface area contributed by atoms with E-state index >= 15 is 0 Å². The number of hydrogen-bond donors (Lipinski definition) is 1. The number of aromatic nitrogens is 1. The summed E-state index contributed by atoms with van der Waals surface area (Å²) in [5.41, 5.74) is 5.69. The van der Waals surface area contributed by atoms with Crippen LogP contribution >= 0.6 is 23.1 Å². The number of carbonyl (C=O) groups is 1. The number of esters is 1. The summed E-state index contributed by atoms with van der Waals surface area (Å²) in [6, 6.07) is -0.495. The van der Waals surface area contributed by atoms with Crippen LogP contribution in [0.25, 0.3) is 0 Å². The Morgan fingerprint density at radius 3 is 3.06 bits per heavy atom. The molecule has 0 aromatic carbocycles. The minimum Gasteiger partial charge on any atom is -0.465 e. The second-order valence-electron chi connectivity index (χ2n) is 3.55. The smallest absolute Gasteiger partial charge is 0.322 e. The van der Waals surface area contributed by atoms with Crippen LogP contribution < -0.4 is 5.73 Å². The molecule has 96 valence electrons. The number of thioether (sulfide) groups is 1. The van der Waals surface area contributed by atoms with Crippen molar-refractivity contribution in [3.8, 4) is 0 Å². The second kappa shape index (κ2) is 7.68. The number of carbonyl (C=O) groups excluding carboxylic acids is 1. The third-order valence-corrected chi connectivity index (χ3v) is 4.21. The molecule has 0 aliphatic heterocycles. The molecule has 0 radical (unpaired) electrons. The minimum absolute atomic E-state index is 0.304. The van der Waals surface area contributed by atoms with E-state index in [1.165, 1.54) is 4.88 Å². The molecular weight excluding hydrogens is 256 g/mol. The lowest BCUT2D eigenvalue weighted by atomic mass is 10.2. The molecular formula is C11H18N2O2S2. The fourth-order valence-corrected chi connectivity index (χ4v) is 3.14. The highest BCUT2D eigenvalue weighted by molar-refractivity contribution is 7.98. The number of rotatable bonds is 7. The first-order chi connectivity index (χ1) is 8.13. The Morgan fingerprint density at radius 2 is 2.47 bits per heavy atom. The highest BCUT2D eigenvalue weighted by Crippen LogP contribution is 2.19. The van der Waals surface area contributed by atoms with E-state index in [0.29, 0.717) is 13.0 Å². The number of hydrogen-bond acceptors (Lipinski definition) is 6. The molecule has 0 saturated heterocycles. The van der Waals surface area contributed by atoms with Crippen LogP contribution in [0.1, 0.15) is 23.2 Å². The molecule has 17 heavy (non-hydrogen) atoms. The summed E-state index contributed by atoms with van der Waals surface area (Å²) in [4.78, 5) is 16.7. The lowest BCUT2D eigenvalue weighted by Crippen LogP contribution is -2.32. The van der Waals surface area contributed by atoms with Crippen LogP contribution in [0.3, 0.4) is 0 Å². The summed E-state index contributed by atoms with van der Waals surface area (Å²) in [5, 5.41) is 1.09. The molecule has 1 heterocycles. The van der Waals surface area contributed by atoms with E-state index < -0.39 is 6.04 Å². The summed E-state index contributed by atoms with van der Waals surface area (Å²) < 4.78 is 4.84. The van der Waals surface area contributed by atoms with Gasteiger partial charge in [0, 0.05) is 16.8 Å². The Labute approximate surface area is 110 Å². The zero-order valence-electron chi connectivity index (χ0n) is 10.1. The van der Waals surface area contributed by atoms with Gasteiger partial charge in [-0.1, -0.05) is 0 Å². The van der Waals surface area contributed by atoms with Gasteiger partial charge >= 0.3 is 5.97 Å². The maximum absolute atomic E-state index is 11.2. The van der Waals surface area contributed by atoms with E-state index in [1.54, 1.807) is 30.0 Å². The first kappa shape index (κ1) is 14.5. The summed E-state index contributed by atoms with van der Waals surface area (Å²) in [5.74, 6) is 1.49. The van der Waals surface area contributed by atoms with Crippen molar-refractivity contribution in [1.82, 2.24) is 4.98 Å². The van der Waals surface area contributed by atoms with Gasteiger partial charge in [0.1, 0.15) is 6.04 Å². The molecule has 0 fully saturated rings. The van der Waals surface area contributed by atoms with Crippen molar-refractivity contribution in [2.75, 3.05) is 12.4 Å². The third kappa shape index (κ3) is 5.52. The molecule has 0 saturated carbocycles. The fraction of sp³-hybridized carbons (Fsp3) is 0.636. The van der Waals surface area contributed by atoms with Crippen molar-refractivity contribution < 1.29 is 9.53 Å². The first-order valence-electron chi connectivity index (χ1n) is 5.54. The molecule has 0 spiro atoms. The Bertz CT molecular complexity index is 355. The van der Waals surface area contributed by atoms with Crippen LogP contribution in [0.5, 0.6) is 0 Å². The van der Waals surface area contributed by atoms with Crippen LogP contribution in [-0.4, -0.2) is 29.4 Å². The molecule has 0 bridgehead atoms. The first-order valence-corrected chi connectivity index (χ1v) is 7.52. The number of nitrogens with zero attached hydrogens (tertiary/aromatic N) is 1. The van der Waals surface area contributed by atoms with Gasteiger partial charge in [-0.2, -0.15) is 11.8 Å². The Hall–Kier alpha value is -0.590. The van der Waals surface area contributed by atoms with Crippen LogP contribution in [-0.2, 0) is 15.3 Å². The lowest BCUT2D eigenvalue weighted by molar-refractivity contribution is -0.144. The molecule has 1 aromatic rings. The van der Waals surface area contributed by atoms with Crippen molar-refractivity contribution in [2.24, 2.45) is 5.73 Å². The molecule has 1 aromatic heterocycles. The molecule has 4 nitrogen and oxygen atoms in total. The monoisotopic (exact) mass is 274 g/mol. The Kier molecular flexibility index (Phi) is 6.54.